The van der Waals surface area contributed by atoms with Crippen molar-refractivity contribution in [2.24, 2.45) is 7.05 Å². The van der Waals surface area contributed by atoms with Crippen LogP contribution in [0.5, 0.6) is 11.5 Å². The maximum Gasteiger partial charge on any atom is 0.300 e. The van der Waals surface area contributed by atoms with Gasteiger partial charge >= 0.3 is 0 Å². The lowest BCUT2D eigenvalue weighted by Crippen LogP contribution is -2.29. The fraction of sp³-hybridized carbons (Fsp3) is 0.172. The molecule has 0 bridgehead atoms. The zero-order valence-corrected chi connectivity index (χ0v) is 21.3. The van der Waals surface area contributed by atoms with Gasteiger partial charge in [-0.2, -0.15) is 0 Å². The van der Waals surface area contributed by atoms with E-state index in [2.05, 4.69) is 0 Å². The molecule has 1 unspecified atom stereocenters. The normalized spacial score (nSPS) is 17.0. The van der Waals surface area contributed by atoms with E-state index in [0.717, 1.165) is 10.9 Å². The number of anilines is 1. The molecule has 1 aliphatic heterocycles. The number of aryl methyl sites for hydroxylation is 1. The van der Waals surface area contributed by atoms with Gasteiger partial charge in [0.15, 0.2) is 0 Å². The molecule has 0 saturated carbocycles. The van der Waals surface area contributed by atoms with Crippen molar-refractivity contribution in [3.05, 3.63) is 94.6 Å². The summed E-state index contributed by atoms with van der Waals surface area (Å²) in [5, 5.41) is 12.8. The van der Waals surface area contributed by atoms with Crippen molar-refractivity contribution in [2.75, 3.05) is 18.6 Å². The van der Waals surface area contributed by atoms with E-state index in [1.165, 1.54) is 12.0 Å². The van der Waals surface area contributed by atoms with Gasteiger partial charge in [-0.1, -0.05) is 35.9 Å². The molecular formula is C29H25ClN2O5. The van der Waals surface area contributed by atoms with Gasteiger partial charge in [-0.05, 0) is 43.3 Å². The zero-order valence-electron chi connectivity index (χ0n) is 20.6. The summed E-state index contributed by atoms with van der Waals surface area (Å²) in [4.78, 5) is 28.5. The summed E-state index contributed by atoms with van der Waals surface area (Å²) >= 11 is 6.25. The lowest BCUT2D eigenvalue weighted by Gasteiger charge is -2.25. The number of aliphatic hydroxyl groups excluding tert-OH is 1. The Bertz CT molecular complexity index is 1570. The van der Waals surface area contributed by atoms with Crippen LogP contribution in [0.2, 0.25) is 5.02 Å². The second-order valence-electron chi connectivity index (χ2n) is 8.66. The maximum atomic E-state index is 13.6. The first kappa shape index (κ1) is 24.5. The Kier molecular flexibility index (Phi) is 6.39. The number of benzene rings is 3. The van der Waals surface area contributed by atoms with Gasteiger partial charge in [0.1, 0.15) is 17.3 Å². The largest absolute Gasteiger partial charge is 0.507 e. The third-order valence-electron chi connectivity index (χ3n) is 6.50. The van der Waals surface area contributed by atoms with Crippen LogP contribution in [0.3, 0.4) is 0 Å². The van der Waals surface area contributed by atoms with E-state index < -0.39 is 17.7 Å². The number of hydrogen-bond acceptors (Lipinski definition) is 5. The molecule has 0 spiro atoms. The van der Waals surface area contributed by atoms with Crippen LogP contribution in [0, 0.1) is 0 Å². The van der Waals surface area contributed by atoms with E-state index in [4.69, 9.17) is 21.1 Å². The van der Waals surface area contributed by atoms with Crippen molar-refractivity contribution < 1.29 is 24.2 Å². The number of methoxy groups -OCH3 is 1. The molecule has 3 aromatic carbocycles. The molecule has 1 atom stereocenters. The molecule has 1 amide bonds. The highest BCUT2D eigenvalue weighted by atomic mass is 35.5. The number of para-hydroxylation sites is 1. The minimum absolute atomic E-state index is 0.0195. The number of rotatable bonds is 6. The van der Waals surface area contributed by atoms with Gasteiger partial charge in [0.2, 0.25) is 0 Å². The molecule has 5 rings (SSSR count). The number of fused-ring (bicyclic) bond motifs is 1. The van der Waals surface area contributed by atoms with E-state index in [-0.39, 0.29) is 11.3 Å². The Morgan fingerprint density at radius 1 is 1.05 bits per heavy atom. The lowest BCUT2D eigenvalue weighted by atomic mass is 9.94. The van der Waals surface area contributed by atoms with E-state index in [1.807, 2.05) is 49.0 Å². The first-order valence-corrected chi connectivity index (χ1v) is 12.1. The quantitative estimate of drug-likeness (QED) is 0.197. The fourth-order valence-electron chi connectivity index (χ4n) is 4.82. The van der Waals surface area contributed by atoms with Crippen LogP contribution in [0.4, 0.5) is 5.69 Å². The highest BCUT2D eigenvalue weighted by molar-refractivity contribution is 6.52. The third-order valence-corrected chi connectivity index (χ3v) is 6.82. The average Bonchev–Trinajstić information content (AvgIpc) is 3.38. The summed E-state index contributed by atoms with van der Waals surface area (Å²) < 4.78 is 12.9. The van der Waals surface area contributed by atoms with Crippen LogP contribution in [0.15, 0.2) is 78.5 Å². The summed E-state index contributed by atoms with van der Waals surface area (Å²) in [7, 11) is 3.43. The van der Waals surface area contributed by atoms with Gasteiger partial charge in [-0.25, -0.2) is 0 Å². The van der Waals surface area contributed by atoms with Crippen LogP contribution in [-0.2, 0) is 16.6 Å². The van der Waals surface area contributed by atoms with Gasteiger partial charge in [-0.3, -0.25) is 14.5 Å². The summed E-state index contributed by atoms with van der Waals surface area (Å²) in [5.74, 6) is -0.927. The smallest absolute Gasteiger partial charge is 0.300 e. The molecule has 0 aliphatic carbocycles. The van der Waals surface area contributed by atoms with E-state index in [0.29, 0.717) is 39.9 Å². The predicted octanol–water partition coefficient (Wildman–Crippen LogP) is 5.87. The number of Topliss-reactive ketones (excluding diaryl/α,β-unsaturated/α-hetero) is 1. The number of amides is 1. The van der Waals surface area contributed by atoms with E-state index in [9.17, 15) is 14.7 Å². The van der Waals surface area contributed by atoms with Crippen molar-refractivity contribution in [2.45, 2.75) is 13.0 Å². The molecule has 37 heavy (non-hydrogen) atoms. The SMILES string of the molecule is CCOc1cc(/C(O)=C2\C(=O)C(=O)N(c3cccc(OC)c3)C2c2cn(C)c3ccccc23)ccc1Cl. The predicted molar refractivity (Wildman–Crippen MR) is 143 cm³/mol. The number of hydrogen-bond donors (Lipinski definition) is 1. The summed E-state index contributed by atoms with van der Waals surface area (Å²) in [6, 6.07) is 18.5. The van der Waals surface area contributed by atoms with Gasteiger partial charge in [0, 0.05) is 47.0 Å². The van der Waals surface area contributed by atoms with Gasteiger partial charge in [0.25, 0.3) is 11.7 Å². The van der Waals surface area contributed by atoms with Crippen LogP contribution in [-0.4, -0.2) is 35.1 Å². The van der Waals surface area contributed by atoms with E-state index in [1.54, 1.807) is 42.5 Å². The minimum Gasteiger partial charge on any atom is -0.507 e. The number of carbonyl (C=O) groups excluding carboxylic acids is 2. The molecule has 7 nitrogen and oxygen atoms in total. The van der Waals surface area contributed by atoms with Crippen LogP contribution in [0.25, 0.3) is 16.7 Å². The Morgan fingerprint density at radius 2 is 1.84 bits per heavy atom. The van der Waals surface area contributed by atoms with Crippen molar-refractivity contribution >= 4 is 45.6 Å². The minimum atomic E-state index is -0.885. The molecule has 2 heterocycles. The number of aliphatic hydroxyl groups is 1. The molecule has 0 radical (unpaired) electrons. The van der Waals surface area contributed by atoms with Crippen molar-refractivity contribution in [1.82, 2.24) is 4.57 Å². The van der Waals surface area contributed by atoms with E-state index >= 15 is 0 Å². The van der Waals surface area contributed by atoms with Gasteiger partial charge in [-0.15, -0.1) is 0 Å². The number of aromatic nitrogens is 1. The second kappa shape index (κ2) is 9.67. The first-order chi connectivity index (χ1) is 17.8. The maximum absolute atomic E-state index is 13.6. The molecular weight excluding hydrogens is 492 g/mol. The number of nitrogens with zero attached hydrogens (tertiary/aromatic N) is 2. The second-order valence-corrected chi connectivity index (χ2v) is 9.07. The Labute approximate surface area is 219 Å². The van der Waals surface area contributed by atoms with Crippen molar-refractivity contribution in [1.29, 1.82) is 0 Å². The van der Waals surface area contributed by atoms with Crippen molar-refractivity contribution in [3.63, 3.8) is 0 Å². The molecule has 1 fully saturated rings. The molecule has 1 aromatic heterocycles. The van der Waals surface area contributed by atoms with Crippen molar-refractivity contribution in [3.8, 4) is 11.5 Å². The highest BCUT2D eigenvalue weighted by Gasteiger charge is 2.48. The summed E-state index contributed by atoms with van der Waals surface area (Å²) in [6.45, 7) is 2.20. The Hall–Kier alpha value is -4.23. The van der Waals surface area contributed by atoms with Crippen LogP contribution < -0.4 is 14.4 Å². The molecule has 8 heteroatoms. The van der Waals surface area contributed by atoms with Crippen LogP contribution >= 0.6 is 11.6 Å². The lowest BCUT2D eigenvalue weighted by molar-refractivity contribution is -0.132. The number of halogens is 1. The Balaban J connectivity index is 1.78. The van der Waals surface area contributed by atoms with Gasteiger partial charge < -0.3 is 19.1 Å². The molecule has 1 aliphatic rings. The average molecular weight is 517 g/mol. The van der Waals surface area contributed by atoms with Gasteiger partial charge in [0.05, 0.1) is 30.4 Å². The summed E-state index contributed by atoms with van der Waals surface area (Å²) in [6.07, 6.45) is 1.88. The van der Waals surface area contributed by atoms with Crippen LogP contribution in [0.1, 0.15) is 24.1 Å². The molecule has 188 valence electrons. The number of ether oxygens (including phenoxy) is 2. The third kappa shape index (κ3) is 4.11. The standard InChI is InChI=1S/C29H25ClN2O5/c1-4-37-24-14-17(12-13-22(24)30)27(33)25-26(21-16-31(2)23-11-6-5-10-20(21)23)32(29(35)28(25)34)18-8-7-9-19(15-18)36-3/h5-16,26,33H,4H2,1-3H3/b27-25+. The zero-order chi connectivity index (χ0) is 26.3. The topological polar surface area (TPSA) is 81.0 Å². The summed E-state index contributed by atoms with van der Waals surface area (Å²) in [5.41, 5.74) is 2.42. The monoisotopic (exact) mass is 516 g/mol. The molecule has 4 aromatic rings. The molecule has 1 saturated heterocycles. The first-order valence-electron chi connectivity index (χ1n) is 11.8. The Morgan fingerprint density at radius 3 is 2.59 bits per heavy atom. The number of carbonyl (C=O) groups is 2. The number of ketones is 1. The highest BCUT2D eigenvalue weighted by Crippen LogP contribution is 2.45. The fourth-order valence-corrected chi connectivity index (χ4v) is 4.99. The molecule has 1 N–H and O–H groups in total.